The lowest BCUT2D eigenvalue weighted by Crippen LogP contribution is -2.33. The summed E-state index contributed by atoms with van der Waals surface area (Å²) in [4.78, 5) is 0. The van der Waals surface area contributed by atoms with Crippen molar-refractivity contribution >= 4 is 0 Å². The molecule has 0 saturated carbocycles. The number of aliphatic hydroxyl groups is 2. The van der Waals surface area contributed by atoms with Crippen LogP contribution in [-0.4, -0.2) is 101 Å². The summed E-state index contributed by atoms with van der Waals surface area (Å²) in [5, 5.41) is 20.5. The van der Waals surface area contributed by atoms with Crippen LogP contribution in [0.2, 0.25) is 0 Å². The third kappa shape index (κ3) is 15.9. The van der Waals surface area contributed by atoms with Gasteiger partial charge >= 0.3 is 0 Å². The lowest BCUT2D eigenvalue weighted by atomic mass is 10.3. The quantitative estimate of drug-likeness (QED) is 0.0963. The molecule has 0 saturated heterocycles. The summed E-state index contributed by atoms with van der Waals surface area (Å²) in [6, 6.07) is 26.0. The lowest BCUT2D eigenvalue weighted by molar-refractivity contribution is -0.0643. The molecule has 0 fully saturated rings. The minimum Gasteiger partial charge on any atom is -0.491 e. The summed E-state index contributed by atoms with van der Waals surface area (Å²) in [7, 11) is 0. The van der Waals surface area contributed by atoms with Gasteiger partial charge in [-0.05, 0) is 36.4 Å². The monoisotopic (exact) mass is 638 g/mol. The van der Waals surface area contributed by atoms with E-state index in [1.807, 2.05) is 78.9 Å². The lowest BCUT2D eigenvalue weighted by Gasteiger charge is -2.22. The normalized spacial score (nSPS) is 13.6. The van der Waals surface area contributed by atoms with Crippen LogP contribution in [0.1, 0.15) is 0 Å². The third-order valence-corrected chi connectivity index (χ3v) is 6.18. The van der Waals surface area contributed by atoms with E-state index in [4.69, 9.17) is 37.9 Å². The van der Waals surface area contributed by atoms with E-state index in [0.29, 0.717) is 36.2 Å². The van der Waals surface area contributed by atoms with Crippen LogP contribution >= 0.6 is 0 Å². The molecule has 46 heavy (non-hydrogen) atoms. The molecule has 2 N–H and O–H groups in total. The van der Waals surface area contributed by atoms with Crippen molar-refractivity contribution < 1.29 is 48.1 Å². The molecule has 3 rings (SSSR count). The molecule has 0 aliphatic heterocycles. The van der Waals surface area contributed by atoms with E-state index in [0.717, 1.165) is 0 Å². The Kier molecular flexibility index (Phi) is 18.0. The van der Waals surface area contributed by atoms with E-state index in [-0.39, 0.29) is 52.9 Å². The summed E-state index contributed by atoms with van der Waals surface area (Å²) < 4.78 is 46.3. The summed E-state index contributed by atoms with van der Waals surface area (Å²) in [5.74, 6) is 2.53. The average Bonchev–Trinajstić information content (AvgIpc) is 3.09. The molecule has 4 atom stereocenters. The molecule has 0 radical (unpaired) electrons. The maximum absolute atomic E-state index is 10.2. The summed E-state index contributed by atoms with van der Waals surface area (Å²) in [6.07, 6.45) is 0.667. The zero-order chi connectivity index (χ0) is 32.7. The second kappa shape index (κ2) is 22.6. The number of para-hydroxylation sites is 2. The molecule has 10 nitrogen and oxygen atoms in total. The number of ether oxygens (including phenoxy) is 8. The van der Waals surface area contributed by atoms with Crippen LogP contribution < -0.4 is 18.9 Å². The molecular weight excluding hydrogens is 592 g/mol. The fraction of sp³-hybridized carbons (Fsp3) is 0.389. The first kappa shape index (κ1) is 36.6. The van der Waals surface area contributed by atoms with Gasteiger partial charge in [-0.25, -0.2) is 0 Å². The third-order valence-electron chi connectivity index (χ3n) is 6.18. The van der Waals surface area contributed by atoms with Gasteiger partial charge in [-0.3, -0.25) is 0 Å². The van der Waals surface area contributed by atoms with E-state index < -0.39 is 24.4 Å². The van der Waals surface area contributed by atoms with Gasteiger partial charge in [0.15, 0.2) is 0 Å². The van der Waals surface area contributed by atoms with E-state index in [2.05, 4.69) is 13.2 Å². The molecule has 250 valence electrons. The minimum absolute atomic E-state index is 0.0496. The Hall–Kier alpha value is -3.90. The average molecular weight is 639 g/mol. The Balaban J connectivity index is 1.55. The Morgan fingerprint density at radius 1 is 0.478 bits per heavy atom. The Bertz CT molecular complexity index is 1120. The molecule has 0 bridgehead atoms. The Morgan fingerprint density at radius 3 is 1.24 bits per heavy atom. The van der Waals surface area contributed by atoms with Gasteiger partial charge in [0.1, 0.15) is 73.8 Å². The molecule has 3 aromatic carbocycles. The molecule has 0 aromatic heterocycles. The fourth-order valence-electron chi connectivity index (χ4n) is 3.90. The van der Waals surface area contributed by atoms with Crippen LogP contribution in [-0.2, 0) is 18.9 Å². The van der Waals surface area contributed by atoms with Gasteiger partial charge in [0, 0.05) is 6.07 Å². The molecule has 0 aliphatic carbocycles. The Morgan fingerprint density at radius 2 is 0.848 bits per heavy atom. The van der Waals surface area contributed by atoms with Gasteiger partial charge in [0.05, 0.1) is 39.6 Å². The predicted molar refractivity (Wildman–Crippen MR) is 175 cm³/mol. The van der Waals surface area contributed by atoms with E-state index >= 15 is 0 Å². The molecule has 0 spiro atoms. The van der Waals surface area contributed by atoms with Crippen LogP contribution in [0.3, 0.4) is 0 Å². The second-order valence-electron chi connectivity index (χ2n) is 10.2. The first-order valence-electron chi connectivity index (χ1n) is 15.2. The summed E-state index contributed by atoms with van der Waals surface area (Å²) in [6.45, 7) is 9.01. The Labute approximate surface area is 271 Å². The molecular formula is C36H46O10. The molecule has 10 heteroatoms. The number of hydrogen-bond donors (Lipinski definition) is 2. The van der Waals surface area contributed by atoms with Crippen molar-refractivity contribution in [3.05, 3.63) is 110 Å². The van der Waals surface area contributed by atoms with Crippen molar-refractivity contribution in [3.8, 4) is 23.0 Å². The van der Waals surface area contributed by atoms with Gasteiger partial charge in [-0.1, -0.05) is 54.6 Å². The van der Waals surface area contributed by atoms with Crippen molar-refractivity contribution in [2.45, 2.75) is 24.4 Å². The smallest absolute Gasteiger partial charge is 0.125 e. The van der Waals surface area contributed by atoms with E-state index in [1.54, 1.807) is 18.2 Å². The van der Waals surface area contributed by atoms with Gasteiger partial charge in [0.25, 0.3) is 0 Å². The summed E-state index contributed by atoms with van der Waals surface area (Å²) >= 11 is 0. The topological polar surface area (TPSA) is 114 Å². The van der Waals surface area contributed by atoms with Crippen molar-refractivity contribution in [1.82, 2.24) is 0 Å². The number of hydrogen-bond acceptors (Lipinski definition) is 10. The minimum atomic E-state index is -0.808. The molecule has 3 aromatic rings. The maximum Gasteiger partial charge on any atom is 0.125 e. The highest BCUT2D eigenvalue weighted by Gasteiger charge is 2.17. The maximum atomic E-state index is 10.2. The molecule has 0 amide bonds. The molecule has 0 heterocycles. The SMILES string of the molecule is C=CCOCC(O)COC(COc1ccccc1)COc1cccc(OCC(COc2ccccc2)OCC(O)COCC=C)c1. The van der Waals surface area contributed by atoms with E-state index in [9.17, 15) is 10.2 Å². The van der Waals surface area contributed by atoms with Crippen LogP contribution in [0.4, 0.5) is 0 Å². The highest BCUT2D eigenvalue weighted by atomic mass is 16.6. The van der Waals surface area contributed by atoms with Gasteiger partial charge in [0.2, 0.25) is 0 Å². The van der Waals surface area contributed by atoms with Crippen LogP contribution in [0.5, 0.6) is 23.0 Å². The van der Waals surface area contributed by atoms with E-state index in [1.165, 1.54) is 0 Å². The fourth-order valence-corrected chi connectivity index (χ4v) is 3.90. The van der Waals surface area contributed by atoms with Gasteiger partial charge in [-0.2, -0.15) is 0 Å². The predicted octanol–water partition coefficient (Wildman–Crippen LogP) is 4.50. The number of benzene rings is 3. The van der Waals surface area contributed by atoms with Crippen molar-refractivity contribution in [2.24, 2.45) is 0 Å². The molecule has 0 aliphatic rings. The van der Waals surface area contributed by atoms with Crippen molar-refractivity contribution in [2.75, 3.05) is 66.1 Å². The highest BCUT2D eigenvalue weighted by Crippen LogP contribution is 2.21. The summed E-state index contributed by atoms with van der Waals surface area (Å²) in [5.41, 5.74) is 0. The largest absolute Gasteiger partial charge is 0.491 e. The van der Waals surface area contributed by atoms with Crippen LogP contribution in [0, 0.1) is 0 Å². The van der Waals surface area contributed by atoms with Crippen LogP contribution in [0.15, 0.2) is 110 Å². The van der Waals surface area contributed by atoms with Crippen molar-refractivity contribution in [1.29, 1.82) is 0 Å². The first-order chi connectivity index (χ1) is 22.6. The van der Waals surface area contributed by atoms with Gasteiger partial charge < -0.3 is 48.1 Å². The zero-order valence-electron chi connectivity index (χ0n) is 26.2. The highest BCUT2D eigenvalue weighted by molar-refractivity contribution is 5.33. The zero-order valence-corrected chi connectivity index (χ0v) is 26.2. The van der Waals surface area contributed by atoms with Crippen molar-refractivity contribution in [3.63, 3.8) is 0 Å². The standard InChI is InChI=1S/C36H46O10/c1-3-18-39-21-29(37)23-41-35(25-43-31-12-7-5-8-13-31)27-45-33-16-11-17-34(20-33)46-28-36(26-44-32-14-9-6-10-15-32)42-24-30(38)22-40-19-4-2/h3-17,20,29-30,35-38H,1-2,18-19,21-28H2. The second-order valence-corrected chi connectivity index (χ2v) is 10.2. The van der Waals surface area contributed by atoms with Gasteiger partial charge in [-0.15, -0.1) is 13.2 Å². The van der Waals surface area contributed by atoms with Crippen LogP contribution in [0.25, 0.3) is 0 Å². The molecule has 4 unspecified atom stereocenters. The number of aliphatic hydroxyl groups excluding tert-OH is 2. The number of rotatable bonds is 26. The first-order valence-corrected chi connectivity index (χ1v) is 15.2.